The van der Waals surface area contributed by atoms with E-state index in [1.54, 1.807) is 43.0 Å². The van der Waals surface area contributed by atoms with Crippen LogP contribution in [0.25, 0.3) is 0 Å². The molecule has 0 saturated heterocycles. The van der Waals surface area contributed by atoms with E-state index in [1.807, 2.05) is 16.1 Å². The molecule has 3 aromatic rings. The number of anilines is 1. The van der Waals surface area contributed by atoms with Crippen LogP contribution in [0, 0.1) is 6.92 Å². The van der Waals surface area contributed by atoms with Crippen LogP contribution in [0.2, 0.25) is 5.02 Å². The van der Waals surface area contributed by atoms with Gasteiger partial charge in [-0.15, -0.1) is 11.3 Å². The van der Waals surface area contributed by atoms with Crippen molar-refractivity contribution in [3.05, 3.63) is 63.8 Å². The predicted molar refractivity (Wildman–Crippen MR) is 97.2 cm³/mol. The number of aromatic nitrogens is 2. The average molecular weight is 382 g/mol. The van der Waals surface area contributed by atoms with Crippen LogP contribution < -0.4 is 4.72 Å². The van der Waals surface area contributed by atoms with Crippen molar-refractivity contribution in [2.75, 3.05) is 4.72 Å². The molecule has 0 radical (unpaired) electrons. The highest BCUT2D eigenvalue weighted by Crippen LogP contribution is 2.28. The minimum atomic E-state index is -3.68. The molecule has 2 heterocycles. The van der Waals surface area contributed by atoms with E-state index < -0.39 is 10.0 Å². The highest BCUT2D eigenvalue weighted by molar-refractivity contribution is 7.92. The number of aryl methyl sites for hydroxylation is 2. The van der Waals surface area contributed by atoms with Gasteiger partial charge in [0.25, 0.3) is 10.0 Å². The molecule has 0 bridgehead atoms. The molecule has 3 rings (SSSR count). The normalized spacial score (nSPS) is 11.6. The fourth-order valence-corrected chi connectivity index (χ4v) is 4.84. The maximum Gasteiger partial charge on any atom is 0.262 e. The summed E-state index contributed by atoms with van der Waals surface area (Å²) in [6.07, 6.45) is 6.06. The molecule has 2 aromatic heterocycles. The first-order valence-electron chi connectivity index (χ1n) is 7.26. The molecule has 0 aliphatic heterocycles. The van der Waals surface area contributed by atoms with Crippen LogP contribution in [0.15, 0.2) is 52.6 Å². The van der Waals surface area contributed by atoms with Crippen LogP contribution in [0.3, 0.4) is 0 Å². The number of sulfonamides is 1. The summed E-state index contributed by atoms with van der Waals surface area (Å²) >= 11 is 7.51. The van der Waals surface area contributed by atoms with Crippen LogP contribution in [0.4, 0.5) is 5.69 Å². The highest BCUT2D eigenvalue weighted by atomic mass is 35.5. The molecule has 24 heavy (non-hydrogen) atoms. The van der Waals surface area contributed by atoms with E-state index in [-0.39, 0.29) is 4.90 Å². The van der Waals surface area contributed by atoms with Crippen molar-refractivity contribution >= 4 is 38.6 Å². The standard InChI is InChI=1S/C16H16ClN3O2S2/c1-12-14(17)3-2-4-16(12)24(21,22)19-15-10-23-9-13(15)5-7-20-8-6-18-11-20/h2-4,6,8-11,19H,5,7H2,1H3. The van der Waals surface area contributed by atoms with Gasteiger partial charge >= 0.3 is 0 Å². The molecule has 8 heteroatoms. The number of hydrogen-bond acceptors (Lipinski definition) is 4. The number of halogens is 1. The molecular formula is C16H16ClN3O2S2. The van der Waals surface area contributed by atoms with Crippen molar-refractivity contribution in [1.82, 2.24) is 9.55 Å². The Morgan fingerprint density at radius 2 is 2.17 bits per heavy atom. The number of rotatable bonds is 6. The van der Waals surface area contributed by atoms with E-state index in [0.29, 0.717) is 22.7 Å². The van der Waals surface area contributed by atoms with Crippen molar-refractivity contribution in [1.29, 1.82) is 0 Å². The van der Waals surface area contributed by atoms with E-state index in [0.717, 1.165) is 12.1 Å². The van der Waals surface area contributed by atoms with Gasteiger partial charge in [0, 0.05) is 29.3 Å². The number of nitrogens with zero attached hydrogens (tertiary/aromatic N) is 2. The number of imidazole rings is 1. The second-order valence-electron chi connectivity index (χ2n) is 5.33. The molecule has 0 fully saturated rings. The van der Waals surface area contributed by atoms with Crippen molar-refractivity contribution in [2.24, 2.45) is 0 Å². The molecule has 126 valence electrons. The second-order valence-corrected chi connectivity index (χ2v) is 8.13. The van der Waals surface area contributed by atoms with Crippen molar-refractivity contribution in [3.63, 3.8) is 0 Å². The van der Waals surface area contributed by atoms with Gasteiger partial charge in [0.05, 0.1) is 16.9 Å². The molecule has 0 aliphatic rings. The third kappa shape index (κ3) is 3.63. The number of thiophene rings is 1. The average Bonchev–Trinajstić information content (AvgIpc) is 3.19. The monoisotopic (exact) mass is 381 g/mol. The van der Waals surface area contributed by atoms with Crippen LogP contribution in [-0.4, -0.2) is 18.0 Å². The molecule has 1 N–H and O–H groups in total. The zero-order valence-electron chi connectivity index (χ0n) is 12.9. The lowest BCUT2D eigenvalue weighted by Gasteiger charge is -2.12. The molecule has 5 nitrogen and oxygen atoms in total. The molecule has 0 saturated carbocycles. The largest absolute Gasteiger partial charge is 0.337 e. The van der Waals surface area contributed by atoms with E-state index in [1.165, 1.54) is 11.3 Å². The van der Waals surface area contributed by atoms with Gasteiger partial charge in [0.2, 0.25) is 0 Å². The quantitative estimate of drug-likeness (QED) is 0.703. The van der Waals surface area contributed by atoms with Gasteiger partial charge in [-0.1, -0.05) is 17.7 Å². The number of benzene rings is 1. The van der Waals surface area contributed by atoms with Crippen LogP contribution in [-0.2, 0) is 23.0 Å². The minimum absolute atomic E-state index is 0.196. The Hall–Kier alpha value is -1.83. The molecule has 1 aromatic carbocycles. The summed E-state index contributed by atoms with van der Waals surface area (Å²) in [7, 11) is -3.68. The van der Waals surface area contributed by atoms with Gasteiger partial charge in [-0.05, 0) is 42.0 Å². The summed E-state index contributed by atoms with van der Waals surface area (Å²) in [5, 5.41) is 4.20. The number of hydrogen-bond donors (Lipinski definition) is 1. The Kier molecular flexibility index (Phi) is 4.93. The first kappa shape index (κ1) is 17.0. The summed E-state index contributed by atoms with van der Waals surface area (Å²) in [5.74, 6) is 0. The van der Waals surface area contributed by atoms with Gasteiger partial charge in [-0.2, -0.15) is 0 Å². The first-order chi connectivity index (χ1) is 11.5. The molecule has 0 atom stereocenters. The molecule has 0 amide bonds. The smallest absolute Gasteiger partial charge is 0.262 e. The fourth-order valence-electron chi connectivity index (χ4n) is 2.35. The van der Waals surface area contributed by atoms with E-state index in [4.69, 9.17) is 11.6 Å². The lowest BCUT2D eigenvalue weighted by Crippen LogP contribution is -2.15. The van der Waals surface area contributed by atoms with Gasteiger partial charge < -0.3 is 4.57 Å². The SMILES string of the molecule is Cc1c(Cl)cccc1S(=O)(=O)Nc1cscc1CCn1ccnc1. The Morgan fingerprint density at radius 3 is 2.92 bits per heavy atom. The molecule has 0 spiro atoms. The van der Waals surface area contributed by atoms with Gasteiger partial charge in [-0.3, -0.25) is 4.72 Å². The van der Waals surface area contributed by atoms with E-state index in [2.05, 4.69) is 9.71 Å². The fraction of sp³-hybridized carbons (Fsp3) is 0.188. The zero-order valence-corrected chi connectivity index (χ0v) is 15.3. The second kappa shape index (κ2) is 6.96. The summed E-state index contributed by atoms with van der Waals surface area (Å²) in [6, 6.07) is 4.87. The highest BCUT2D eigenvalue weighted by Gasteiger charge is 2.19. The van der Waals surface area contributed by atoms with E-state index >= 15 is 0 Å². The molecular weight excluding hydrogens is 366 g/mol. The van der Waals surface area contributed by atoms with Crippen LogP contribution >= 0.6 is 22.9 Å². The summed E-state index contributed by atoms with van der Waals surface area (Å²) < 4.78 is 30.0. The van der Waals surface area contributed by atoms with Gasteiger partial charge in [-0.25, -0.2) is 13.4 Å². The van der Waals surface area contributed by atoms with Gasteiger partial charge in [0.1, 0.15) is 0 Å². The van der Waals surface area contributed by atoms with Crippen LogP contribution in [0.5, 0.6) is 0 Å². The third-order valence-corrected chi connectivity index (χ3v) is 6.40. The minimum Gasteiger partial charge on any atom is -0.337 e. The van der Waals surface area contributed by atoms with Crippen molar-refractivity contribution < 1.29 is 8.42 Å². The third-order valence-electron chi connectivity index (χ3n) is 3.69. The lowest BCUT2D eigenvalue weighted by molar-refractivity contribution is 0.600. The summed E-state index contributed by atoms with van der Waals surface area (Å²) in [6.45, 7) is 2.44. The summed E-state index contributed by atoms with van der Waals surface area (Å²) in [4.78, 5) is 4.20. The first-order valence-corrected chi connectivity index (χ1v) is 10.1. The predicted octanol–water partition coefficient (Wildman–Crippen LogP) is 3.95. The summed E-state index contributed by atoms with van der Waals surface area (Å²) in [5.41, 5.74) is 2.11. The van der Waals surface area contributed by atoms with Crippen molar-refractivity contribution in [2.45, 2.75) is 24.8 Å². The topological polar surface area (TPSA) is 64.0 Å². The maximum absolute atomic E-state index is 12.7. The zero-order chi connectivity index (χ0) is 17.2. The lowest BCUT2D eigenvalue weighted by atomic mass is 10.2. The molecule has 0 aliphatic carbocycles. The Balaban J connectivity index is 1.81. The Morgan fingerprint density at radius 1 is 1.33 bits per heavy atom. The Labute approximate surface area is 150 Å². The van der Waals surface area contributed by atoms with Crippen LogP contribution in [0.1, 0.15) is 11.1 Å². The maximum atomic E-state index is 12.7. The Bertz CT molecular complexity index is 934. The van der Waals surface area contributed by atoms with Gasteiger partial charge in [0.15, 0.2) is 0 Å². The van der Waals surface area contributed by atoms with E-state index in [9.17, 15) is 8.42 Å². The van der Waals surface area contributed by atoms with Crippen molar-refractivity contribution in [3.8, 4) is 0 Å². The number of nitrogens with one attached hydrogen (secondary N) is 1. The molecule has 0 unspecified atom stereocenters.